The number of oxazole rings is 1. The van der Waals surface area contributed by atoms with Crippen molar-refractivity contribution >= 4 is 16.8 Å². The molecule has 23 heavy (non-hydrogen) atoms. The molecule has 2 aromatic carbocycles. The van der Waals surface area contributed by atoms with E-state index in [0.29, 0.717) is 22.7 Å². The van der Waals surface area contributed by atoms with Crippen molar-refractivity contribution in [3.8, 4) is 17.2 Å². The number of hydrogen-bond donors (Lipinski definition) is 2. The summed E-state index contributed by atoms with van der Waals surface area (Å²) in [5.74, 6) is 1.02. The number of rotatable bonds is 6. The van der Waals surface area contributed by atoms with Crippen molar-refractivity contribution in [1.82, 2.24) is 4.98 Å². The zero-order chi connectivity index (χ0) is 16.2. The molecule has 0 saturated heterocycles. The maximum Gasteiger partial charge on any atom is 0.227 e. The largest absolute Gasteiger partial charge is 0.491 e. The Labute approximate surface area is 132 Å². The van der Waals surface area contributed by atoms with Crippen LogP contribution in [0.4, 0.5) is 10.1 Å². The predicted molar refractivity (Wildman–Crippen MR) is 86.5 cm³/mol. The summed E-state index contributed by atoms with van der Waals surface area (Å²) in [6, 6.07) is 12.9. The Kier molecular flexibility index (Phi) is 4.43. The minimum atomic E-state index is -1.12. The van der Waals surface area contributed by atoms with Crippen LogP contribution in [0.25, 0.3) is 22.6 Å². The van der Waals surface area contributed by atoms with E-state index in [2.05, 4.69) is 10.3 Å². The molecule has 0 bridgehead atoms. The molecule has 0 saturated carbocycles. The highest BCUT2D eigenvalue weighted by Gasteiger charge is 2.10. The number of aliphatic hydroxyl groups excluding tert-OH is 1. The highest BCUT2D eigenvalue weighted by atomic mass is 19.1. The quantitative estimate of drug-likeness (QED) is 0.731. The summed E-state index contributed by atoms with van der Waals surface area (Å²) >= 11 is 0. The number of ether oxygens (including phenoxy) is 1. The van der Waals surface area contributed by atoms with Gasteiger partial charge in [-0.3, -0.25) is 0 Å². The molecule has 1 heterocycles. The molecule has 2 N–H and O–H groups in total. The van der Waals surface area contributed by atoms with E-state index in [4.69, 9.17) is 9.15 Å². The van der Waals surface area contributed by atoms with Gasteiger partial charge in [0.2, 0.25) is 5.89 Å². The lowest BCUT2D eigenvalue weighted by atomic mass is 10.2. The number of anilines is 1. The lowest BCUT2D eigenvalue weighted by Gasteiger charge is -2.08. The van der Waals surface area contributed by atoms with Gasteiger partial charge < -0.3 is 19.6 Å². The van der Waals surface area contributed by atoms with Crippen LogP contribution >= 0.6 is 0 Å². The Balaban J connectivity index is 1.83. The van der Waals surface area contributed by atoms with Crippen molar-refractivity contribution in [3.05, 3.63) is 42.5 Å². The van der Waals surface area contributed by atoms with Crippen LogP contribution in [0, 0.1) is 0 Å². The number of aromatic nitrogens is 1. The molecule has 0 radical (unpaired) electrons. The van der Waals surface area contributed by atoms with Crippen LogP contribution < -0.4 is 10.1 Å². The van der Waals surface area contributed by atoms with Gasteiger partial charge in [0, 0.05) is 24.4 Å². The lowest BCUT2D eigenvalue weighted by molar-refractivity contribution is 0.0842. The first kappa shape index (κ1) is 15.3. The third-order valence-electron chi connectivity index (χ3n) is 3.40. The number of halogens is 1. The molecule has 0 aliphatic rings. The van der Waals surface area contributed by atoms with Gasteiger partial charge in [-0.15, -0.1) is 0 Å². The number of nitrogens with zero attached hydrogens (tertiary/aromatic N) is 1. The normalized spacial score (nSPS) is 12.3. The topological polar surface area (TPSA) is 67.5 Å². The third kappa shape index (κ3) is 3.43. The summed E-state index contributed by atoms with van der Waals surface area (Å²) in [5.41, 5.74) is 3.16. The molecule has 120 valence electrons. The monoisotopic (exact) mass is 316 g/mol. The van der Waals surface area contributed by atoms with Crippen LogP contribution in [0.3, 0.4) is 0 Å². The Morgan fingerprint density at radius 1 is 1.26 bits per heavy atom. The summed E-state index contributed by atoms with van der Waals surface area (Å²) < 4.78 is 23.3. The van der Waals surface area contributed by atoms with Crippen LogP contribution in [-0.4, -0.2) is 36.5 Å². The van der Waals surface area contributed by atoms with Crippen molar-refractivity contribution in [2.75, 3.05) is 25.6 Å². The fraction of sp³-hybridized carbons (Fsp3) is 0.235. The van der Waals surface area contributed by atoms with Gasteiger partial charge in [0.1, 0.15) is 30.7 Å². The fourth-order valence-electron chi connectivity index (χ4n) is 2.13. The number of aliphatic hydroxyl groups is 1. The standard InChI is InChI=1S/C17H17FN2O3/c1-19-12-4-2-11(3-5-12)17-20-15-7-6-14(8-16(15)23-17)22-10-13(21)9-18/h2-8,13,19,21H,9-10H2,1H3/t13-/m1/s1. The molecule has 0 fully saturated rings. The smallest absolute Gasteiger partial charge is 0.227 e. The minimum Gasteiger partial charge on any atom is -0.491 e. The van der Waals surface area contributed by atoms with Gasteiger partial charge in [-0.2, -0.15) is 0 Å². The Bertz CT molecular complexity index is 786. The van der Waals surface area contributed by atoms with Crippen molar-refractivity contribution in [3.63, 3.8) is 0 Å². The summed E-state index contributed by atoms with van der Waals surface area (Å²) in [4.78, 5) is 4.44. The van der Waals surface area contributed by atoms with Crippen LogP contribution in [0.2, 0.25) is 0 Å². The molecule has 0 unspecified atom stereocenters. The molecule has 5 nitrogen and oxygen atoms in total. The maximum atomic E-state index is 12.2. The Morgan fingerprint density at radius 3 is 2.74 bits per heavy atom. The van der Waals surface area contributed by atoms with Crippen LogP contribution in [-0.2, 0) is 0 Å². The van der Waals surface area contributed by atoms with Crippen molar-refractivity contribution < 1.29 is 18.7 Å². The summed E-state index contributed by atoms with van der Waals surface area (Å²) in [6.45, 7) is -0.939. The van der Waals surface area contributed by atoms with E-state index >= 15 is 0 Å². The fourth-order valence-corrected chi connectivity index (χ4v) is 2.13. The van der Waals surface area contributed by atoms with E-state index in [-0.39, 0.29) is 6.61 Å². The van der Waals surface area contributed by atoms with Gasteiger partial charge in [-0.1, -0.05) is 0 Å². The van der Waals surface area contributed by atoms with Gasteiger partial charge >= 0.3 is 0 Å². The van der Waals surface area contributed by atoms with Gasteiger partial charge in [-0.05, 0) is 36.4 Å². The Morgan fingerprint density at radius 2 is 2.04 bits per heavy atom. The van der Waals surface area contributed by atoms with E-state index in [1.54, 1.807) is 18.2 Å². The zero-order valence-corrected chi connectivity index (χ0v) is 12.6. The maximum absolute atomic E-state index is 12.2. The molecule has 0 spiro atoms. The van der Waals surface area contributed by atoms with Crippen molar-refractivity contribution in [2.45, 2.75) is 6.10 Å². The lowest BCUT2D eigenvalue weighted by Crippen LogP contribution is -2.19. The number of nitrogens with one attached hydrogen (secondary N) is 1. The SMILES string of the molecule is CNc1ccc(-c2nc3ccc(OC[C@H](O)CF)cc3o2)cc1. The average molecular weight is 316 g/mol. The molecular formula is C17H17FN2O3. The summed E-state index contributed by atoms with van der Waals surface area (Å²) in [7, 11) is 1.86. The van der Waals surface area contributed by atoms with Gasteiger partial charge in [-0.25, -0.2) is 9.37 Å². The summed E-state index contributed by atoms with van der Waals surface area (Å²) in [5, 5.41) is 12.2. The average Bonchev–Trinajstić information content (AvgIpc) is 3.03. The highest BCUT2D eigenvalue weighted by molar-refractivity contribution is 5.77. The van der Waals surface area contributed by atoms with E-state index in [1.165, 1.54) is 0 Å². The van der Waals surface area contributed by atoms with Gasteiger partial charge in [0.25, 0.3) is 0 Å². The first-order chi connectivity index (χ1) is 11.2. The first-order valence-corrected chi connectivity index (χ1v) is 7.25. The molecule has 1 aromatic heterocycles. The molecule has 0 aliphatic heterocycles. The summed E-state index contributed by atoms with van der Waals surface area (Å²) in [6.07, 6.45) is -1.12. The number of benzene rings is 2. The van der Waals surface area contributed by atoms with Gasteiger partial charge in [0.05, 0.1) is 0 Å². The van der Waals surface area contributed by atoms with Crippen molar-refractivity contribution in [2.24, 2.45) is 0 Å². The number of fused-ring (bicyclic) bond motifs is 1. The molecule has 0 aliphatic carbocycles. The van der Waals surface area contributed by atoms with Crippen LogP contribution in [0.5, 0.6) is 5.75 Å². The highest BCUT2D eigenvalue weighted by Crippen LogP contribution is 2.27. The number of hydrogen-bond acceptors (Lipinski definition) is 5. The Hall–Kier alpha value is -2.60. The van der Waals surface area contributed by atoms with Crippen LogP contribution in [0.15, 0.2) is 46.9 Å². The van der Waals surface area contributed by atoms with Gasteiger partial charge in [0.15, 0.2) is 5.58 Å². The zero-order valence-electron chi connectivity index (χ0n) is 12.6. The minimum absolute atomic E-state index is 0.103. The third-order valence-corrected chi connectivity index (χ3v) is 3.40. The van der Waals surface area contributed by atoms with Crippen molar-refractivity contribution in [1.29, 1.82) is 0 Å². The molecular weight excluding hydrogens is 299 g/mol. The van der Waals surface area contributed by atoms with E-state index in [9.17, 15) is 9.50 Å². The molecule has 0 amide bonds. The second kappa shape index (κ2) is 6.66. The molecule has 1 atom stereocenters. The van der Waals surface area contributed by atoms with E-state index in [0.717, 1.165) is 11.3 Å². The molecule has 3 rings (SSSR count). The second-order valence-electron chi connectivity index (χ2n) is 5.10. The molecule has 3 aromatic rings. The molecule has 6 heteroatoms. The second-order valence-corrected chi connectivity index (χ2v) is 5.10. The van der Waals surface area contributed by atoms with E-state index in [1.807, 2.05) is 31.3 Å². The van der Waals surface area contributed by atoms with Crippen LogP contribution in [0.1, 0.15) is 0 Å². The predicted octanol–water partition coefficient (Wildman–Crippen LogP) is 3.25. The van der Waals surface area contributed by atoms with E-state index < -0.39 is 12.8 Å². The number of alkyl halides is 1. The first-order valence-electron chi connectivity index (χ1n) is 7.25.